The minimum absolute atomic E-state index is 0.591. The molecule has 4 nitrogen and oxygen atoms in total. The van der Waals surface area contributed by atoms with Crippen LogP contribution in [0.2, 0.25) is 0 Å². The van der Waals surface area contributed by atoms with E-state index in [1.165, 1.54) is 18.6 Å². The Balaban J connectivity index is 3.86. The Morgan fingerprint density at radius 1 is 1.26 bits per heavy atom. The van der Waals surface area contributed by atoms with Crippen molar-refractivity contribution in [2.24, 2.45) is 4.99 Å². The van der Waals surface area contributed by atoms with Gasteiger partial charge >= 0.3 is 0 Å². The molecule has 0 radical (unpaired) electrons. The molecular weight excluding hydrogens is 256 g/mol. The molecule has 2 N–H and O–H groups in total. The molecule has 0 aromatic rings. The fourth-order valence-electron chi connectivity index (χ4n) is 1.50. The van der Waals surface area contributed by atoms with Crippen LogP contribution in [0.5, 0.6) is 0 Å². The van der Waals surface area contributed by atoms with Crippen LogP contribution in [-0.2, 0) is 0 Å². The molecule has 0 aliphatic rings. The molecule has 0 unspecified atom stereocenters. The molecule has 114 valence electrons. The quantitative estimate of drug-likeness (QED) is 0.366. The molecule has 0 rings (SSSR count). The number of aliphatic imine (C=N–C) groups is 1. The highest BCUT2D eigenvalue weighted by atomic mass is 32.2. The van der Waals surface area contributed by atoms with Gasteiger partial charge in [0.2, 0.25) is 0 Å². The summed E-state index contributed by atoms with van der Waals surface area (Å²) in [5.74, 6) is 2.18. The first-order valence-corrected chi connectivity index (χ1v) is 8.72. The predicted molar refractivity (Wildman–Crippen MR) is 89.4 cm³/mol. The number of unbranched alkanes of at least 4 members (excludes halogenated alkanes) is 1. The third-order valence-corrected chi connectivity index (χ3v) is 3.71. The van der Waals surface area contributed by atoms with E-state index in [4.69, 9.17) is 0 Å². The summed E-state index contributed by atoms with van der Waals surface area (Å²) in [5.41, 5.74) is 0. The van der Waals surface area contributed by atoms with Gasteiger partial charge in [0.05, 0.1) is 0 Å². The average molecular weight is 289 g/mol. The van der Waals surface area contributed by atoms with Crippen molar-refractivity contribution < 1.29 is 0 Å². The van der Waals surface area contributed by atoms with Gasteiger partial charge in [0.25, 0.3) is 0 Å². The van der Waals surface area contributed by atoms with E-state index in [1.807, 2.05) is 11.8 Å². The molecule has 0 aromatic carbocycles. The predicted octanol–water partition coefficient (Wildman–Crippen LogP) is 2.02. The maximum atomic E-state index is 4.59. The largest absolute Gasteiger partial charge is 0.357 e. The third-order valence-electron chi connectivity index (χ3n) is 3.01. The number of nitrogens with one attached hydrogen (secondary N) is 2. The molecule has 0 aliphatic carbocycles. The zero-order valence-electron chi connectivity index (χ0n) is 13.3. The molecule has 0 bridgehead atoms. The Bertz CT molecular complexity index is 231. The number of thioether (sulfide) groups is 1. The number of guanidine groups is 1. The lowest BCUT2D eigenvalue weighted by Gasteiger charge is -2.21. The smallest absolute Gasteiger partial charge is 0.191 e. The topological polar surface area (TPSA) is 39.7 Å². The summed E-state index contributed by atoms with van der Waals surface area (Å²) >= 11 is 1.91. The van der Waals surface area contributed by atoms with E-state index in [9.17, 15) is 0 Å². The van der Waals surface area contributed by atoms with Gasteiger partial charge in [-0.3, -0.25) is 4.99 Å². The number of likely N-dealkylation sites (N-methyl/N-ethyl adjacent to an activating group) is 1. The summed E-state index contributed by atoms with van der Waals surface area (Å²) < 4.78 is 0. The molecule has 0 aromatic heterocycles. The van der Waals surface area contributed by atoms with Crippen molar-refractivity contribution in [2.45, 2.75) is 39.7 Å². The second kappa shape index (κ2) is 12.6. The first-order chi connectivity index (χ1) is 9.11. The van der Waals surface area contributed by atoms with Crippen molar-refractivity contribution in [3.8, 4) is 0 Å². The lowest BCUT2D eigenvalue weighted by molar-refractivity contribution is 0.278. The van der Waals surface area contributed by atoms with Gasteiger partial charge in [0.15, 0.2) is 5.96 Å². The highest BCUT2D eigenvalue weighted by molar-refractivity contribution is 7.98. The lowest BCUT2D eigenvalue weighted by atomic mass is 10.3. The molecule has 0 amide bonds. The van der Waals surface area contributed by atoms with Crippen LogP contribution in [0.3, 0.4) is 0 Å². The average Bonchev–Trinajstić information content (AvgIpc) is 2.38. The summed E-state index contributed by atoms with van der Waals surface area (Å²) in [6, 6.07) is 0.591. The molecule has 0 saturated carbocycles. The number of hydrogen-bond donors (Lipinski definition) is 2. The Hall–Kier alpha value is -0.420. The lowest BCUT2D eigenvalue weighted by Crippen LogP contribution is -2.42. The van der Waals surface area contributed by atoms with Crippen molar-refractivity contribution in [2.75, 3.05) is 45.2 Å². The van der Waals surface area contributed by atoms with Gasteiger partial charge < -0.3 is 15.5 Å². The molecule has 19 heavy (non-hydrogen) atoms. The van der Waals surface area contributed by atoms with Gasteiger partial charge in [-0.15, -0.1) is 0 Å². The van der Waals surface area contributed by atoms with E-state index in [0.29, 0.717) is 6.04 Å². The Kier molecular flexibility index (Phi) is 12.3. The highest BCUT2D eigenvalue weighted by Gasteiger charge is 2.03. The normalized spacial score (nSPS) is 12.3. The third kappa shape index (κ3) is 11.1. The van der Waals surface area contributed by atoms with Gasteiger partial charge in [0, 0.05) is 32.2 Å². The van der Waals surface area contributed by atoms with Crippen molar-refractivity contribution >= 4 is 17.7 Å². The Morgan fingerprint density at radius 2 is 2.00 bits per heavy atom. The van der Waals surface area contributed by atoms with Crippen LogP contribution in [-0.4, -0.2) is 62.1 Å². The monoisotopic (exact) mass is 288 g/mol. The minimum atomic E-state index is 0.591. The molecule has 5 heteroatoms. The molecule has 0 spiro atoms. The maximum Gasteiger partial charge on any atom is 0.191 e. The van der Waals surface area contributed by atoms with E-state index in [0.717, 1.165) is 32.1 Å². The van der Waals surface area contributed by atoms with Gasteiger partial charge in [0.1, 0.15) is 0 Å². The zero-order valence-corrected chi connectivity index (χ0v) is 14.1. The Morgan fingerprint density at radius 3 is 2.58 bits per heavy atom. The summed E-state index contributed by atoms with van der Waals surface area (Å²) in [7, 11) is 2.15. The van der Waals surface area contributed by atoms with Crippen molar-refractivity contribution in [1.29, 1.82) is 0 Å². The van der Waals surface area contributed by atoms with E-state index >= 15 is 0 Å². The fraction of sp³-hybridized carbons (Fsp3) is 0.929. The van der Waals surface area contributed by atoms with Crippen molar-refractivity contribution in [1.82, 2.24) is 15.5 Å². The van der Waals surface area contributed by atoms with Crippen molar-refractivity contribution in [3.05, 3.63) is 0 Å². The zero-order chi connectivity index (χ0) is 14.5. The maximum absolute atomic E-state index is 4.59. The van der Waals surface area contributed by atoms with Gasteiger partial charge in [-0.1, -0.05) is 0 Å². The van der Waals surface area contributed by atoms with Gasteiger partial charge in [-0.2, -0.15) is 11.8 Å². The van der Waals surface area contributed by atoms with Crippen LogP contribution in [0, 0.1) is 0 Å². The second-order valence-corrected chi connectivity index (χ2v) is 5.95. The number of rotatable bonds is 10. The summed E-state index contributed by atoms with van der Waals surface area (Å²) in [5, 5.41) is 6.68. The molecule has 0 atom stereocenters. The molecule has 0 fully saturated rings. The SMILES string of the molecule is CCNC(=NCCCCSC)NCCN(C)C(C)C. The van der Waals surface area contributed by atoms with Gasteiger partial charge in [-0.25, -0.2) is 0 Å². The van der Waals surface area contributed by atoms with E-state index < -0.39 is 0 Å². The van der Waals surface area contributed by atoms with Crippen LogP contribution in [0.4, 0.5) is 0 Å². The molecule has 0 heterocycles. The highest BCUT2D eigenvalue weighted by Crippen LogP contribution is 1.99. The molecule has 0 aliphatic heterocycles. The summed E-state index contributed by atoms with van der Waals surface area (Å²) in [6.45, 7) is 10.3. The van der Waals surface area contributed by atoms with Gasteiger partial charge in [-0.05, 0) is 52.7 Å². The van der Waals surface area contributed by atoms with Crippen LogP contribution in [0.1, 0.15) is 33.6 Å². The number of hydrogen-bond acceptors (Lipinski definition) is 3. The Labute approximate surface area is 123 Å². The standard InChI is InChI=1S/C14H32N4S/c1-6-15-14(16-9-7-8-12-19-5)17-10-11-18(4)13(2)3/h13H,6-12H2,1-5H3,(H2,15,16,17). The molecular formula is C14H32N4S. The first-order valence-electron chi connectivity index (χ1n) is 7.33. The van der Waals surface area contributed by atoms with Crippen LogP contribution in [0.15, 0.2) is 4.99 Å². The second-order valence-electron chi connectivity index (χ2n) is 4.96. The van der Waals surface area contributed by atoms with Crippen molar-refractivity contribution in [3.63, 3.8) is 0 Å². The molecule has 0 saturated heterocycles. The van der Waals surface area contributed by atoms with Crippen LogP contribution in [0.25, 0.3) is 0 Å². The fourth-order valence-corrected chi connectivity index (χ4v) is 1.99. The minimum Gasteiger partial charge on any atom is -0.357 e. The van der Waals surface area contributed by atoms with E-state index in [1.54, 1.807) is 0 Å². The number of nitrogens with zero attached hydrogens (tertiary/aromatic N) is 2. The van der Waals surface area contributed by atoms with E-state index in [-0.39, 0.29) is 0 Å². The summed E-state index contributed by atoms with van der Waals surface area (Å²) in [6.07, 6.45) is 4.57. The summed E-state index contributed by atoms with van der Waals surface area (Å²) in [4.78, 5) is 6.92. The van der Waals surface area contributed by atoms with Crippen LogP contribution < -0.4 is 10.6 Å². The van der Waals surface area contributed by atoms with E-state index in [2.05, 4.69) is 54.6 Å². The van der Waals surface area contributed by atoms with Crippen LogP contribution >= 0.6 is 11.8 Å². The first kappa shape index (κ1) is 18.6.